The number of carboxylic acids is 1. The molecule has 4 N–H and O–H groups in total. The summed E-state index contributed by atoms with van der Waals surface area (Å²) < 4.78 is 1.39. The molecule has 1 atom stereocenters. The third kappa shape index (κ3) is 6.35. The van der Waals surface area contributed by atoms with Gasteiger partial charge in [-0.05, 0) is 24.8 Å². The van der Waals surface area contributed by atoms with Gasteiger partial charge in [0, 0.05) is 13.0 Å². The molecular formula is C13H23N5O3. The van der Waals surface area contributed by atoms with E-state index in [4.69, 9.17) is 10.8 Å². The number of carbonyl (C=O) groups is 2. The number of hydrogen-bond acceptors (Lipinski definition) is 5. The fourth-order valence-corrected chi connectivity index (χ4v) is 2.08. The Morgan fingerprint density at radius 2 is 2.19 bits per heavy atom. The molecule has 8 nitrogen and oxygen atoms in total. The molecule has 0 saturated carbocycles. The van der Waals surface area contributed by atoms with Crippen LogP contribution >= 0.6 is 0 Å². The highest BCUT2D eigenvalue weighted by Crippen LogP contribution is 2.13. The second kappa shape index (κ2) is 8.35. The number of nitrogens with one attached hydrogen (secondary N) is 1. The molecule has 0 aliphatic rings. The van der Waals surface area contributed by atoms with E-state index in [0.717, 1.165) is 6.42 Å². The zero-order valence-corrected chi connectivity index (χ0v) is 12.5. The van der Waals surface area contributed by atoms with E-state index < -0.39 is 5.97 Å². The van der Waals surface area contributed by atoms with E-state index in [1.165, 1.54) is 10.9 Å². The lowest BCUT2D eigenvalue weighted by molar-refractivity contribution is -0.122. The van der Waals surface area contributed by atoms with Crippen LogP contribution in [0.3, 0.4) is 0 Å². The minimum atomic E-state index is -1.12. The molecular weight excluding hydrogens is 274 g/mol. The molecule has 1 aromatic rings. The molecule has 0 aromatic carbocycles. The first-order valence-electron chi connectivity index (χ1n) is 7.02. The molecule has 0 aliphatic heterocycles. The van der Waals surface area contributed by atoms with Crippen molar-refractivity contribution in [1.82, 2.24) is 20.3 Å². The number of nitrogens with two attached hydrogens (primary N) is 1. The van der Waals surface area contributed by atoms with Gasteiger partial charge in [0.25, 0.3) is 0 Å². The van der Waals surface area contributed by atoms with Gasteiger partial charge in [-0.2, -0.15) is 0 Å². The summed E-state index contributed by atoms with van der Waals surface area (Å²) >= 11 is 0. The van der Waals surface area contributed by atoms with Gasteiger partial charge in [0.2, 0.25) is 5.91 Å². The lowest BCUT2D eigenvalue weighted by Crippen LogP contribution is -2.31. The summed E-state index contributed by atoms with van der Waals surface area (Å²) in [6.07, 6.45) is 2.66. The van der Waals surface area contributed by atoms with E-state index in [2.05, 4.69) is 29.5 Å². The average molecular weight is 297 g/mol. The predicted molar refractivity (Wildman–Crippen MR) is 76.6 cm³/mol. The first-order valence-corrected chi connectivity index (χ1v) is 7.02. The van der Waals surface area contributed by atoms with Gasteiger partial charge >= 0.3 is 5.97 Å². The first-order chi connectivity index (χ1) is 9.92. The molecule has 21 heavy (non-hydrogen) atoms. The Hall–Kier alpha value is -1.96. The lowest BCUT2D eigenvalue weighted by Gasteiger charge is -2.16. The van der Waals surface area contributed by atoms with Crippen molar-refractivity contribution in [3.63, 3.8) is 0 Å². The SMILES string of the molecule is CC(C)C[C@H](CN)CC(=O)NCCn1cc(C(=O)O)nn1. The number of aromatic carboxylic acids is 1. The van der Waals surface area contributed by atoms with Crippen molar-refractivity contribution >= 4 is 11.9 Å². The van der Waals surface area contributed by atoms with Crippen LogP contribution in [0.1, 0.15) is 37.2 Å². The van der Waals surface area contributed by atoms with E-state index in [1.54, 1.807) is 0 Å². The van der Waals surface area contributed by atoms with Crippen molar-refractivity contribution in [2.24, 2.45) is 17.6 Å². The molecule has 0 unspecified atom stereocenters. The molecule has 118 valence electrons. The van der Waals surface area contributed by atoms with Gasteiger partial charge in [-0.1, -0.05) is 19.1 Å². The van der Waals surface area contributed by atoms with Crippen molar-refractivity contribution in [1.29, 1.82) is 0 Å². The third-order valence-electron chi connectivity index (χ3n) is 3.03. The van der Waals surface area contributed by atoms with E-state index in [-0.39, 0.29) is 17.5 Å². The number of carboxylic acid groups (broad SMARTS) is 1. The maximum Gasteiger partial charge on any atom is 0.358 e. The van der Waals surface area contributed by atoms with Crippen LogP contribution in [0.15, 0.2) is 6.20 Å². The molecule has 0 fully saturated rings. The predicted octanol–water partition coefficient (Wildman–Crippen LogP) is 0.104. The molecule has 8 heteroatoms. The van der Waals surface area contributed by atoms with Crippen molar-refractivity contribution in [3.05, 3.63) is 11.9 Å². The standard InChI is InChI=1S/C13H23N5O3/c1-9(2)5-10(7-14)6-12(19)15-3-4-18-8-11(13(20)21)16-17-18/h8-10H,3-7,14H2,1-2H3,(H,15,19)(H,20,21)/t10-/m0/s1. The molecule has 0 bridgehead atoms. The highest BCUT2D eigenvalue weighted by Gasteiger charge is 2.14. The van der Waals surface area contributed by atoms with Gasteiger partial charge in [-0.25, -0.2) is 9.48 Å². The first kappa shape index (κ1) is 17.1. The summed E-state index contributed by atoms with van der Waals surface area (Å²) in [5.74, 6) is -0.472. The average Bonchev–Trinajstić information content (AvgIpc) is 2.86. The highest BCUT2D eigenvalue weighted by atomic mass is 16.4. The summed E-state index contributed by atoms with van der Waals surface area (Å²) in [6.45, 7) is 5.46. The number of rotatable bonds is 9. The minimum absolute atomic E-state index is 0.0512. The molecule has 1 heterocycles. The Kier molecular flexibility index (Phi) is 6.80. The Balaban J connectivity index is 2.30. The van der Waals surface area contributed by atoms with Crippen LogP contribution in [0.5, 0.6) is 0 Å². The number of amides is 1. The van der Waals surface area contributed by atoms with Gasteiger partial charge in [0.1, 0.15) is 0 Å². The van der Waals surface area contributed by atoms with Gasteiger partial charge in [-0.15, -0.1) is 5.10 Å². The number of carbonyl (C=O) groups excluding carboxylic acids is 1. The van der Waals surface area contributed by atoms with Gasteiger partial charge < -0.3 is 16.2 Å². The van der Waals surface area contributed by atoms with Crippen LogP contribution in [0.4, 0.5) is 0 Å². The molecule has 0 radical (unpaired) electrons. The number of aromatic nitrogens is 3. The zero-order valence-electron chi connectivity index (χ0n) is 12.5. The summed E-state index contributed by atoms with van der Waals surface area (Å²) in [6, 6.07) is 0. The van der Waals surface area contributed by atoms with Crippen LogP contribution in [0.25, 0.3) is 0 Å². The Bertz CT molecular complexity index is 472. The third-order valence-corrected chi connectivity index (χ3v) is 3.03. The van der Waals surface area contributed by atoms with Gasteiger partial charge in [-0.3, -0.25) is 4.79 Å². The maximum atomic E-state index is 11.8. The summed E-state index contributed by atoms with van der Waals surface area (Å²) in [4.78, 5) is 22.4. The quantitative estimate of drug-likeness (QED) is 0.594. The Labute approximate surface area is 123 Å². The fraction of sp³-hybridized carbons (Fsp3) is 0.692. The highest BCUT2D eigenvalue weighted by molar-refractivity contribution is 5.84. The zero-order chi connectivity index (χ0) is 15.8. The molecule has 0 aliphatic carbocycles. The van der Waals surface area contributed by atoms with E-state index in [0.29, 0.717) is 32.0 Å². The largest absolute Gasteiger partial charge is 0.476 e. The van der Waals surface area contributed by atoms with E-state index in [9.17, 15) is 9.59 Å². The van der Waals surface area contributed by atoms with Crippen LogP contribution in [0, 0.1) is 11.8 Å². The van der Waals surface area contributed by atoms with Crippen LogP contribution in [-0.4, -0.2) is 45.1 Å². The summed E-state index contributed by atoms with van der Waals surface area (Å²) in [7, 11) is 0. The van der Waals surface area contributed by atoms with Crippen LogP contribution < -0.4 is 11.1 Å². The lowest BCUT2D eigenvalue weighted by atomic mass is 9.94. The Morgan fingerprint density at radius 3 is 2.71 bits per heavy atom. The second-order valence-corrected chi connectivity index (χ2v) is 5.46. The van der Waals surface area contributed by atoms with Crippen LogP contribution in [-0.2, 0) is 11.3 Å². The topological polar surface area (TPSA) is 123 Å². The minimum Gasteiger partial charge on any atom is -0.476 e. The van der Waals surface area contributed by atoms with Crippen molar-refractivity contribution in [2.45, 2.75) is 33.2 Å². The monoisotopic (exact) mass is 297 g/mol. The maximum absolute atomic E-state index is 11.8. The normalized spacial score (nSPS) is 12.4. The Morgan fingerprint density at radius 1 is 1.48 bits per heavy atom. The number of hydrogen-bond donors (Lipinski definition) is 3. The summed E-state index contributed by atoms with van der Waals surface area (Å²) in [5, 5.41) is 18.6. The van der Waals surface area contributed by atoms with E-state index in [1.807, 2.05) is 0 Å². The molecule has 0 saturated heterocycles. The van der Waals surface area contributed by atoms with E-state index >= 15 is 0 Å². The van der Waals surface area contributed by atoms with Gasteiger partial charge in [0.05, 0.1) is 12.7 Å². The van der Waals surface area contributed by atoms with Crippen LogP contribution in [0.2, 0.25) is 0 Å². The smallest absolute Gasteiger partial charge is 0.358 e. The fourth-order valence-electron chi connectivity index (χ4n) is 2.08. The van der Waals surface area contributed by atoms with Crippen molar-refractivity contribution in [2.75, 3.05) is 13.1 Å². The number of nitrogens with zero attached hydrogens (tertiary/aromatic N) is 3. The molecule has 1 amide bonds. The van der Waals surface area contributed by atoms with Crippen molar-refractivity contribution in [3.8, 4) is 0 Å². The summed E-state index contributed by atoms with van der Waals surface area (Å²) in [5.41, 5.74) is 5.55. The molecule has 1 rings (SSSR count). The second-order valence-electron chi connectivity index (χ2n) is 5.46. The van der Waals surface area contributed by atoms with Crippen molar-refractivity contribution < 1.29 is 14.7 Å². The molecule has 0 spiro atoms. The molecule has 1 aromatic heterocycles. The van der Waals surface area contributed by atoms with Gasteiger partial charge in [0.15, 0.2) is 5.69 Å².